The highest BCUT2D eigenvalue weighted by Gasteiger charge is 2.37. The van der Waals surface area contributed by atoms with Crippen molar-refractivity contribution in [2.24, 2.45) is 0 Å². The summed E-state index contributed by atoms with van der Waals surface area (Å²) < 4.78 is 10.6. The van der Waals surface area contributed by atoms with Gasteiger partial charge in [0.1, 0.15) is 5.75 Å². The fourth-order valence-corrected chi connectivity index (χ4v) is 4.15. The smallest absolute Gasteiger partial charge is 0.340 e. The van der Waals surface area contributed by atoms with Crippen molar-refractivity contribution in [3.05, 3.63) is 113 Å². The number of carbonyl (C=O) groups is 3. The number of ether oxygens (including phenoxy) is 2. The molecular formula is C30H28N2O5. The molecule has 1 atom stereocenters. The van der Waals surface area contributed by atoms with Gasteiger partial charge in [-0.25, -0.2) is 4.79 Å². The van der Waals surface area contributed by atoms with Gasteiger partial charge in [-0.3, -0.25) is 14.5 Å². The first-order valence-electron chi connectivity index (χ1n) is 11.9. The standard InChI is InChI=1S/C30H28N2O5/c1-20(23-10-6-4-7-11-23)31-27(33)19-37-25-16-14-22(15-17-25)18-26-28(30(35)36-3)21(2)32(29(26)34)24-12-8-5-9-13-24/h4-18,20H,19H2,1-3H3,(H,31,33)/b26-18-/t20-/m1/s1. The number of amides is 2. The van der Waals surface area contributed by atoms with E-state index in [2.05, 4.69) is 5.32 Å². The molecule has 2 amide bonds. The Hall–Kier alpha value is -4.65. The minimum atomic E-state index is -0.578. The fourth-order valence-electron chi connectivity index (χ4n) is 4.15. The summed E-state index contributed by atoms with van der Waals surface area (Å²) in [5, 5.41) is 2.91. The molecule has 7 heteroatoms. The first kappa shape index (κ1) is 25.4. The van der Waals surface area contributed by atoms with Crippen LogP contribution in [-0.4, -0.2) is 31.5 Å². The van der Waals surface area contributed by atoms with Crippen LogP contribution in [0, 0.1) is 0 Å². The molecule has 0 saturated heterocycles. The van der Waals surface area contributed by atoms with Crippen LogP contribution in [0.3, 0.4) is 0 Å². The molecule has 7 nitrogen and oxygen atoms in total. The van der Waals surface area contributed by atoms with Crippen molar-refractivity contribution < 1.29 is 23.9 Å². The molecule has 1 heterocycles. The third-order valence-corrected chi connectivity index (χ3v) is 6.04. The number of esters is 1. The molecular weight excluding hydrogens is 468 g/mol. The van der Waals surface area contributed by atoms with Crippen LogP contribution < -0.4 is 15.0 Å². The van der Waals surface area contributed by atoms with Crippen LogP contribution in [0.1, 0.15) is 31.0 Å². The van der Waals surface area contributed by atoms with Crippen molar-refractivity contribution in [2.45, 2.75) is 19.9 Å². The lowest BCUT2D eigenvalue weighted by molar-refractivity contribution is -0.136. The molecule has 188 valence electrons. The molecule has 3 aromatic rings. The molecule has 0 aromatic heterocycles. The molecule has 3 aromatic carbocycles. The maximum absolute atomic E-state index is 13.3. The quantitative estimate of drug-likeness (QED) is 0.357. The van der Waals surface area contributed by atoms with Gasteiger partial charge < -0.3 is 14.8 Å². The highest BCUT2D eigenvalue weighted by molar-refractivity contribution is 6.23. The van der Waals surface area contributed by atoms with Gasteiger partial charge in [-0.2, -0.15) is 0 Å². The van der Waals surface area contributed by atoms with Crippen molar-refractivity contribution in [1.29, 1.82) is 0 Å². The van der Waals surface area contributed by atoms with E-state index in [0.717, 1.165) is 5.56 Å². The predicted molar refractivity (Wildman–Crippen MR) is 142 cm³/mol. The molecule has 0 radical (unpaired) electrons. The average Bonchev–Trinajstić information content (AvgIpc) is 3.17. The molecule has 0 spiro atoms. The van der Waals surface area contributed by atoms with E-state index in [1.165, 1.54) is 12.0 Å². The summed E-state index contributed by atoms with van der Waals surface area (Å²) in [7, 11) is 1.29. The number of benzene rings is 3. The summed E-state index contributed by atoms with van der Waals surface area (Å²) >= 11 is 0. The van der Waals surface area contributed by atoms with Gasteiger partial charge in [-0.15, -0.1) is 0 Å². The number of nitrogens with zero attached hydrogens (tertiary/aromatic N) is 1. The Morgan fingerprint density at radius 3 is 2.19 bits per heavy atom. The van der Waals surface area contributed by atoms with Crippen LogP contribution in [0.4, 0.5) is 5.69 Å². The average molecular weight is 497 g/mol. The molecule has 0 saturated carbocycles. The highest BCUT2D eigenvalue weighted by Crippen LogP contribution is 2.35. The van der Waals surface area contributed by atoms with Gasteiger partial charge in [0.05, 0.1) is 24.3 Å². The fraction of sp³-hybridized carbons (Fsp3) is 0.167. The topological polar surface area (TPSA) is 84.9 Å². The Kier molecular flexibility index (Phi) is 7.83. The second kappa shape index (κ2) is 11.4. The molecule has 0 bridgehead atoms. The Balaban J connectivity index is 1.46. The number of rotatable bonds is 8. The van der Waals surface area contributed by atoms with E-state index in [4.69, 9.17) is 9.47 Å². The lowest BCUT2D eigenvalue weighted by atomic mass is 10.0. The monoisotopic (exact) mass is 496 g/mol. The van der Waals surface area contributed by atoms with Gasteiger partial charge in [0.15, 0.2) is 6.61 Å². The lowest BCUT2D eigenvalue weighted by Gasteiger charge is -2.17. The molecule has 0 unspecified atom stereocenters. The van der Waals surface area contributed by atoms with Crippen LogP contribution in [0.25, 0.3) is 6.08 Å². The van der Waals surface area contributed by atoms with Gasteiger partial charge in [-0.1, -0.05) is 60.7 Å². The second-order valence-corrected chi connectivity index (χ2v) is 8.54. The van der Waals surface area contributed by atoms with E-state index >= 15 is 0 Å². The number of allylic oxidation sites excluding steroid dienone is 1. The van der Waals surface area contributed by atoms with Crippen LogP contribution >= 0.6 is 0 Å². The minimum Gasteiger partial charge on any atom is -0.484 e. The second-order valence-electron chi connectivity index (χ2n) is 8.54. The summed E-state index contributed by atoms with van der Waals surface area (Å²) in [5.74, 6) is -0.614. The SMILES string of the molecule is COC(=O)C1=C(C)N(c2ccccc2)C(=O)/C1=C\c1ccc(OCC(=O)N[C@H](C)c2ccccc2)cc1. The molecule has 37 heavy (non-hydrogen) atoms. The van der Waals surface area contributed by atoms with Crippen molar-refractivity contribution in [2.75, 3.05) is 18.6 Å². The number of methoxy groups -OCH3 is 1. The van der Waals surface area contributed by atoms with E-state index in [9.17, 15) is 14.4 Å². The zero-order valence-corrected chi connectivity index (χ0v) is 20.9. The maximum atomic E-state index is 13.3. The van der Waals surface area contributed by atoms with Gasteiger partial charge in [0, 0.05) is 11.4 Å². The van der Waals surface area contributed by atoms with Crippen LogP contribution in [0.15, 0.2) is 102 Å². The number of hydrogen-bond donors (Lipinski definition) is 1. The zero-order chi connectivity index (χ0) is 26.4. The third-order valence-electron chi connectivity index (χ3n) is 6.04. The Bertz CT molecular complexity index is 1350. The molecule has 1 aliphatic rings. The van der Waals surface area contributed by atoms with Crippen molar-refractivity contribution in [3.63, 3.8) is 0 Å². The van der Waals surface area contributed by atoms with E-state index in [-0.39, 0.29) is 35.6 Å². The summed E-state index contributed by atoms with van der Waals surface area (Å²) in [5.41, 5.74) is 3.35. The molecule has 0 aliphatic carbocycles. The third kappa shape index (κ3) is 5.78. The molecule has 1 N–H and O–H groups in total. The van der Waals surface area contributed by atoms with Gasteiger partial charge in [-0.05, 0) is 55.3 Å². The number of carbonyl (C=O) groups excluding carboxylic acids is 3. The summed E-state index contributed by atoms with van der Waals surface area (Å²) in [6.07, 6.45) is 1.65. The summed E-state index contributed by atoms with van der Waals surface area (Å²) in [6, 6.07) is 25.6. The number of nitrogens with one attached hydrogen (secondary N) is 1. The molecule has 1 aliphatic heterocycles. The maximum Gasteiger partial charge on any atom is 0.340 e. The Morgan fingerprint density at radius 2 is 1.57 bits per heavy atom. The van der Waals surface area contributed by atoms with Gasteiger partial charge in [0.2, 0.25) is 0 Å². The van der Waals surface area contributed by atoms with Crippen LogP contribution in [0.5, 0.6) is 5.75 Å². The minimum absolute atomic E-state index is 0.128. The summed E-state index contributed by atoms with van der Waals surface area (Å²) in [6.45, 7) is 3.51. The van der Waals surface area contributed by atoms with Crippen molar-refractivity contribution in [3.8, 4) is 5.75 Å². The van der Waals surface area contributed by atoms with E-state index in [1.807, 2.05) is 67.6 Å². The Labute approximate surface area is 216 Å². The molecule has 4 rings (SSSR count). The highest BCUT2D eigenvalue weighted by atomic mass is 16.5. The van der Waals surface area contributed by atoms with E-state index in [1.54, 1.807) is 37.3 Å². The predicted octanol–water partition coefficient (Wildman–Crippen LogP) is 4.82. The molecule has 0 fully saturated rings. The zero-order valence-electron chi connectivity index (χ0n) is 20.9. The first-order chi connectivity index (χ1) is 17.9. The van der Waals surface area contributed by atoms with Crippen LogP contribution in [0.2, 0.25) is 0 Å². The van der Waals surface area contributed by atoms with Crippen molar-refractivity contribution in [1.82, 2.24) is 5.32 Å². The van der Waals surface area contributed by atoms with Gasteiger partial charge >= 0.3 is 5.97 Å². The number of para-hydroxylation sites is 1. The first-order valence-corrected chi connectivity index (χ1v) is 11.9. The largest absolute Gasteiger partial charge is 0.484 e. The van der Waals surface area contributed by atoms with E-state index < -0.39 is 5.97 Å². The number of hydrogen-bond acceptors (Lipinski definition) is 5. The van der Waals surface area contributed by atoms with Crippen LogP contribution in [-0.2, 0) is 19.1 Å². The van der Waals surface area contributed by atoms with Gasteiger partial charge in [0.25, 0.3) is 11.8 Å². The summed E-state index contributed by atoms with van der Waals surface area (Å²) in [4.78, 5) is 39.7. The number of anilines is 1. The van der Waals surface area contributed by atoms with E-state index in [0.29, 0.717) is 22.7 Å². The normalized spacial score (nSPS) is 15.1. The Morgan fingerprint density at radius 1 is 0.946 bits per heavy atom. The lowest BCUT2D eigenvalue weighted by Crippen LogP contribution is -2.31. The van der Waals surface area contributed by atoms with Crippen molar-refractivity contribution >= 4 is 29.5 Å².